The van der Waals surface area contributed by atoms with Crippen molar-refractivity contribution in [3.05, 3.63) is 24.3 Å². The highest BCUT2D eigenvalue weighted by Crippen LogP contribution is 2.26. The lowest BCUT2D eigenvalue weighted by molar-refractivity contribution is -0.136. The molecule has 1 aliphatic rings. The van der Waals surface area contributed by atoms with Crippen molar-refractivity contribution in [2.24, 2.45) is 5.92 Å². The molecule has 1 fully saturated rings. The molecular weight excluding hydrogens is 322 g/mol. The lowest BCUT2D eigenvalue weighted by atomic mass is 9.85. The molecule has 1 aromatic carbocycles. The fourth-order valence-corrected chi connectivity index (χ4v) is 3.03. The number of nitrogens with one attached hydrogen (secondary N) is 3. The van der Waals surface area contributed by atoms with Crippen LogP contribution in [0.3, 0.4) is 0 Å². The molecule has 0 radical (unpaired) electrons. The number of amides is 3. The molecule has 7 nitrogen and oxygen atoms in total. The summed E-state index contributed by atoms with van der Waals surface area (Å²) in [5.74, 6) is -1.64. The number of aliphatic hydroxyl groups excluding tert-OH is 1. The zero-order chi connectivity index (χ0) is 18.2. The highest BCUT2D eigenvalue weighted by atomic mass is 16.3. The van der Waals surface area contributed by atoms with Gasteiger partial charge in [0.1, 0.15) is 0 Å². The van der Waals surface area contributed by atoms with Crippen LogP contribution in [-0.2, 0) is 14.4 Å². The lowest BCUT2D eigenvalue weighted by Crippen LogP contribution is -2.42. The first-order chi connectivity index (χ1) is 12.0. The number of rotatable bonds is 5. The number of hydrogen-bond donors (Lipinski definition) is 4. The second-order valence-corrected chi connectivity index (χ2v) is 6.39. The van der Waals surface area contributed by atoms with E-state index in [0.717, 1.165) is 25.7 Å². The van der Waals surface area contributed by atoms with Crippen molar-refractivity contribution in [1.29, 1.82) is 0 Å². The van der Waals surface area contributed by atoms with Crippen molar-refractivity contribution in [3.63, 3.8) is 0 Å². The molecule has 1 atom stereocenters. The number of carbonyl (C=O) groups excluding carboxylic acids is 3. The average Bonchev–Trinajstić information content (AvgIpc) is 2.59. The molecule has 1 aromatic rings. The minimum absolute atomic E-state index is 0.0723. The van der Waals surface area contributed by atoms with Crippen LogP contribution in [0.4, 0.5) is 11.4 Å². The van der Waals surface area contributed by atoms with Gasteiger partial charge in [-0.3, -0.25) is 14.4 Å². The Balaban J connectivity index is 1.81. The highest BCUT2D eigenvalue weighted by Gasteiger charge is 2.23. The van der Waals surface area contributed by atoms with Gasteiger partial charge in [0.2, 0.25) is 5.91 Å². The third kappa shape index (κ3) is 6.19. The summed E-state index contributed by atoms with van der Waals surface area (Å²) in [5.41, 5.74) is 0.928. The fourth-order valence-electron chi connectivity index (χ4n) is 3.03. The van der Waals surface area contributed by atoms with Gasteiger partial charge in [-0.2, -0.15) is 0 Å². The van der Waals surface area contributed by atoms with Crippen molar-refractivity contribution in [2.45, 2.75) is 45.1 Å². The molecule has 0 spiro atoms. The van der Waals surface area contributed by atoms with Crippen molar-refractivity contribution in [2.75, 3.05) is 17.2 Å². The van der Waals surface area contributed by atoms with Gasteiger partial charge in [-0.1, -0.05) is 25.3 Å². The van der Waals surface area contributed by atoms with E-state index in [2.05, 4.69) is 16.0 Å². The van der Waals surface area contributed by atoms with Crippen LogP contribution in [0.5, 0.6) is 0 Å². The van der Waals surface area contributed by atoms with Gasteiger partial charge in [-0.25, -0.2) is 0 Å². The maximum Gasteiger partial charge on any atom is 0.313 e. The normalized spacial score (nSPS) is 15.9. The topological polar surface area (TPSA) is 108 Å². The number of aliphatic hydroxyl groups is 1. The molecular formula is C18H25N3O4. The highest BCUT2D eigenvalue weighted by molar-refractivity contribution is 6.39. The van der Waals surface area contributed by atoms with E-state index >= 15 is 0 Å². The Morgan fingerprint density at radius 1 is 1.08 bits per heavy atom. The molecule has 0 bridgehead atoms. The molecule has 0 heterocycles. The monoisotopic (exact) mass is 347 g/mol. The third-order valence-electron chi connectivity index (χ3n) is 4.31. The van der Waals surface area contributed by atoms with E-state index in [1.165, 1.54) is 13.3 Å². The van der Waals surface area contributed by atoms with Crippen LogP contribution >= 0.6 is 0 Å². The summed E-state index contributed by atoms with van der Waals surface area (Å²) in [6.45, 7) is 1.46. The van der Waals surface area contributed by atoms with Gasteiger partial charge in [0.25, 0.3) is 0 Å². The molecule has 4 N–H and O–H groups in total. The Kier molecular flexibility index (Phi) is 6.94. The Labute approximate surface area is 147 Å². The number of benzene rings is 1. The van der Waals surface area contributed by atoms with Gasteiger partial charge in [0, 0.05) is 24.8 Å². The van der Waals surface area contributed by atoms with Crippen LogP contribution in [0.25, 0.3) is 0 Å². The smallest absolute Gasteiger partial charge is 0.313 e. The molecule has 2 rings (SSSR count). The van der Waals surface area contributed by atoms with E-state index in [-0.39, 0.29) is 18.4 Å². The van der Waals surface area contributed by atoms with Crippen LogP contribution in [0, 0.1) is 5.92 Å². The zero-order valence-corrected chi connectivity index (χ0v) is 14.4. The Morgan fingerprint density at radius 2 is 1.72 bits per heavy atom. The molecule has 0 unspecified atom stereocenters. The van der Waals surface area contributed by atoms with Gasteiger partial charge in [-0.05, 0) is 37.0 Å². The quantitative estimate of drug-likeness (QED) is 0.607. The van der Waals surface area contributed by atoms with Crippen LogP contribution in [0.15, 0.2) is 24.3 Å². The first-order valence-electron chi connectivity index (χ1n) is 8.60. The van der Waals surface area contributed by atoms with Gasteiger partial charge >= 0.3 is 11.8 Å². The van der Waals surface area contributed by atoms with Crippen LogP contribution in [0.1, 0.15) is 39.0 Å². The number of carbonyl (C=O) groups is 3. The van der Waals surface area contributed by atoms with E-state index in [9.17, 15) is 19.5 Å². The van der Waals surface area contributed by atoms with Gasteiger partial charge in [-0.15, -0.1) is 0 Å². The molecule has 25 heavy (non-hydrogen) atoms. The first kappa shape index (κ1) is 18.9. The van der Waals surface area contributed by atoms with Crippen LogP contribution in [-0.4, -0.2) is 35.5 Å². The largest absolute Gasteiger partial charge is 0.391 e. The summed E-state index contributed by atoms with van der Waals surface area (Å²) in [6.07, 6.45) is 4.68. The minimum Gasteiger partial charge on any atom is -0.391 e. The second kappa shape index (κ2) is 9.17. The molecule has 0 aromatic heterocycles. The summed E-state index contributed by atoms with van der Waals surface area (Å²) in [7, 11) is 0. The molecule has 1 saturated carbocycles. The summed E-state index contributed by atoms with van der Waals surface area (Å²) < 4.78 is 0. The average molecular weight is 347 g/mol. The third-order valence-corrected chi connectivity index (χ3v) is 4.31. The summed E-state index contributed by atoms with van der Waals surface area (Å²) in [6, 6.07) is 6.51. The first-order valence-corrected chi connectivity index (χ1v) is 8.60. The molecule has 3 amide bonds. The Morgan fingerprint density at radius 3 is 2.36 bits per heavy atom. The van der Waals surface area contributed by atoms with Crippen molar-refractivity contribution in [1.82, 2.24) is 5.32 Å². The lowest BCUT2D eigenvalue weighted by Gasteiger charge is -2.26. The van der Waals surface area contributed by atoms with Crippen molar-refractivity contribution < 1.29 is 19.5 Å². The van der Waals surface area contributed by atoms with Crippen LogP contribution < -0.4 is 16.0 Å². The number of anilines is 2. The van der Waals surface area contributed by atoms with Crippen molar-refractivity contribution in [3.8, 4) is 0 Å². The summed E-state index contributed by atoms with van der Waals surface area (Å²) >= 11 is 0. The van der Waals surface area contributed by atoms with Crippen molar-refractivity contribution >= 4 is 29.1 Å². The molecule has 0 saturated heterocycles. The van der Waals surface area contributed by atoms with Gasteiger partial charge < -0.3 is 21.1 Å². The Bertz CT molecular complexity index is 627. The fraction of sp³-hybridized carbons (Fsp3) is 0.500. The van der Waals surface area contributed by atoms with Crippen LogP contribution in [0.2, 0.25) is 0 Å². The number of hydrogen-bond acceptors (Lipinski definition) is 4. The Hall–Kier alpha value is -2.41. The zero-order valence-electron chi connectivity index (χ0n) is 14.4. The van der Waals surface area contributed by atoms with E-state index in [0.29, 0.717) is 11.4 Å². The van der Waals surface area contributed by atoms with Gasteiger partial charge in [0.05, 0.1) is 6.10 Å². The molecule has 1 aliphatic carbocycles. The molecule has 7 heteroatoms. The van der Waals surface area contributed by atoms with E-state index in [1.807, 2.05) is 0 Å². The summed E-state index contributed by atoms with van der Waals surface area (Å²) in [4.78, 5) is 34.9. The summed E-state index contributed by atoms with van der Waals surface area (Å²) in [5, 5.41) is 17.7. The maximum absolute atomic E-state index is 11.9. The maximum atomic E-state index is 11.9. The second-order valence-electron chi connectivity index (χ2n) is 6.39. The minimum atomic E-state index is -0.809. The molecule has 136 valence electrons. The van der Waals surface area contributed by atoms with E-state index < -0.39 is 17.9 Å². The standard InChI is InChI=1S/C18H25N3O4/c1-12(22)20-14-8-5-9-15(10-14)21-18(25)17(24)19-11-16(23)13-6-3-2-4-7-13/h5,8-10,13,16,23H,2-4,6-7,11H2,1H3,(H,19,24)(H,20,22)(H,21,25)/t16-/m1/s1. The predicted molar refractivity (Wildman–Crippen MR) is 95.0 cm³/mol. The van der Waals surface area contributed by atoms with E-state index in [1.54, 1.807) is 24.3 Å². The van der Waals surface area contributed by atoms with Gasteiger partial charge in [0.15, 0.2) is 0 Å². The molecule has 0 aliphatic heterocycles. The SMILES string of the molecule is CC(=O)Nc1cccc(NC(=O)C(=O)NC[C@@H](O)C2CCCCC2)c1. The van der Waals surface area contributed by atoms with E-state index in [4.69, 9.17) is 0 Å². The predicted octanol–water partition coefficient (Wildman–Crippen LogP) is 1.64.